The highest BCUT2D eigenvalue weighted by Gasteiger charge is 2.76. The fourth-order valence-electron chi connectivity index (χ4n) is 7.14. The maximum Gasteiger partial charge on any atom is 0.313 e. The van der Waals surface area contributed by atoms with Crippen LogP contribution >= 0.6 is 15.9 Å². The molecule has 2 saturated heterocycles. The van der Waals surface area contributed by atoms with Gasteiger partial charge in [0.2, 0.25) is 17.7 Å². The molecule has 4 aliphatic rings. The molecule has 4 aliphatic heterocycles. The topological polar surface area (TPSA) is 125 Å². The van der Waals surface area contributed by atoms with Crippen LogP contribution in [0.1, 0.15) is 65.5 Å². The van der Waals surface area contributed by atoms with Gasteiger partial charge in [-0.3, -0.25) is 19.2 Å². The van der Waals surface area contributed by atoms with Gasteiger partial charge in [0.1, 0.15) is 29.8 Å². The van der Waals surface area contributed by atoms with Crippen molar-refractivity contribution in [3.05, 3.63) is 58.6 Å². The van der Waals surface area contributed by atoms with Crippen molar-refractivity contribution in [1.82, 2.24) is 15.1 Å². The molecule has 2 fully saturated rings. The van der Waals surface area contributed by atoms with Crippen molar-refractivity contribution in [2.75, 3.05) is 19.7 Å². The van der Waals surface area contributed by atoms with E-state index in [-0.39, 0.29) is 43.8 Å². The minimum Gasteiger partial charge on any atom is -0.455 e. The number of benzene rings is 1. The van der Waals surface area contributed by atoms with Gasteiger partial charge in [0, 0.05) is 23.0 Å². The number of cyclic esters (lactones) is 1. The number of fused-ring (bicyclic) bond motifs is 2. The summed E-state index contributed by atoms with van der Waals surface area (Å²) in [6.45, 7) is 9.64. The lowest BCUT2D eigenvalue weighted by molar-refractivity contribution is -0.161. The number of aliphatic hydroxyl groups excluding tert-OH is 1. The molecule has 5 rings (SSSR count). The van der Waals surface area contributed by atoms with Crippen LogP contribution < -0.4 is 5.32 Å². The first-order chi connectivity index (χ1) is 21.4. The molecule has 1 aromatic rings. The lowest BCUT2D eigenvalue weighted by Gasteiger charge is -2.43. The number of aliphatic hydroxyl groups is 1. The molecule has 0 radical (unpaired) electrons. The van der Waals surface area contributed by atoms with Gasteiger partial charge in [-0.1, -0.05) is 78.7 Å². The van der Waals surface area contributed by atoms with Crippen LogP contribution in [0.5, 0.6) is 0 Å². The molecule has 11 heteroatoms. The Labute approximate surface area is 273 Å². The number of esters is 1. The van der Waals surface area contributed by atoms with Crippen molar-refractivity contribution in [3.8, 4) is 0 Å². The molecule has 1 aromatic carbocycles. The third-order valence-corrected chi connectivity index (χ3v) is 10.4. The Morgan fingerprint density at radius 2 is 1.82 bits per heavy atom. The number of likely N-dealkylation sites (tertiary alicyclic amines) is 1. The summed E-state index contributed by atoms with van der Waals surface area (Å²) in [6.07, 6.45) is 5.23. The van der Waals surface area contributed by atoms with E-state index < -0.39 is 59.1 Å². The predicted molar refractivity (Wildman–Crippen MR) is 171 cm³/mol. The second-order valence-corrected chi connectivity index (χ2v) is 14.4. The van der Waals surface area contributed by atoms with Crippen LogP contribution in [0, 0.1) is 17.8 Å². The van der Waals surface area contributed by atoms with Crippen molar-refractivity contribution in [1.29, 1.82) is 0 Å². The molecule has 0 unspecified atom stereocenters. The standard InChI is InChI=1S/C34H44BrN3O7/c1-6-20(2)23(19-39)38-29-31(42)37(33(3,4)5)16-12-8-11-15-25(40)36-18-24(21-13-9-7-10-14-21)44-32(43)26-27(30(38)41)34(29)17-22(35)28(26)45-34/h7-10,12-14,17,20,23-24,26-29,39H,6,11,15-16,18-19H2,1-5H3,(H,36,40)/b12-8-/t20-,23-,24+,26+,27-,28+,29+,34-/m0/s1. The molecule has 3 amide bonds. The number of halogens is 1. The van der Waals surface area contributed by atoms with Gasteiger partial charge in [0.05, 0.1) is 25.1 Å². The highest BCUT2D eigenvalue weighted by atomic mass is 79.9. The van der Waals surface area contributed by atoms with Crippen LogP contribution in [-0.2, 0) is 28.7 Å². The number of amides is 3. The van der Waals surface area contributed by atoms with Crippen LogP contribution in [0.25, 0.3) is 0 Å². The molecule has 0 aliphatic carbocycles. The zero-order valence-electron chi connectivity index (χ0n) is 26.6. The third kappa shape index (κ3) is 5.99. The molecule has 10 nitrogen and oxygen atoms in total. The zero-order valence-corrected chi connectivity index (χ0v) is 28.2. The Balaban J connectivity index is 1.65. The number of hydrogen-bond donors (Lipinski definition) is 2. The first-order valence-electron chi connectivity index (χ1n) is 15.8. The Bertz CT molecular complexity index is 1380. The molecule has 1 spiro atoms. The monoisotopic (exact) mass is 685 g/mol. The maximum atomic E-state index is 14.8. The third-order valence-electron chi connectivity index (χ3n) is 9.70. The van der Waals surface area contributed by atoms with Gasteiger partial charge in [-0.25, -0.2) is 0 Å². The van der Waals surface area contributed by atoms with Crippen molar-refractivity contribution in [2.45, 2.75) is 89.3 Å². The Morgan fingerprint density at radius 3 is 2.47 bits per heavy atom. The summed E-state index contributed by atoms with van der Waals surface area (Å²) in [7, 11) is 0. The van der Waals surface area contributed by atoms with E-state index in [1.807, 2.05) is 77.1 Å². The number of carbonyl (C=O) groups is 4. The highest BCUT2D eigenvalue weighted by molar-refractivity contribution is 9.11. The van der Waals surface area contributed by atoms with Gasteiger partial charge >= 0.3 is 5.97 Å². The minimum absolute atomic E-state index is 0.0585. The first-order valence-corrected chi connectivity index (χ1v) is 16.6. The zero-order chi connectivity index (χ0) is 32.7. The molecule has 2 N–H and O–H groups in total. The molecule has 0 saturated carbocycles. The minimum atomic E-state index is -1.44. The molecule has 8 atom stereocenters. The van der Waals surface area contributed by atoms with Crippen molar-refractivity contribution in [2.24, 2.45) is 17.8 Å². The number of allylic oxidation sites excluding steroid dienone is 1. The Hall–Kier alpha value is -3.02. The fourth-order valence-corrected chi connectivity index (χ4v) is 7.88. The largest absolute Gasteiger partial charge is 0.455 e. The van der Waals surface area contributed by atoms with E-state index in [2.05, 4.69) is 21.2 Å². The second-order valence-electron chi connectivity index (χ2n) is 13.5. The van der Waals surface area contributed by atoms with Crippen molar-refractivity contribution >= 4 is 39.6 Å². The average molecular weight is 687 g/mol. The van der Waals surface area contributed by atoms with Crippen LogP contribution in [0.4, 0.5) is 0 Å². The summed E-state index contributed by atoms with van der Waals surface area (Å²) in [5.41, 5.74) is -1.39. The number of carbonyl (C=O) groups excluding carboxylic acids is 4. The quantitative estimate of drug-likeness (QED) is 0.358. The van der Waals surface area contributed by atoms with Crippen molar-refractivity contribution in [3.63, 3.8) is 0 Å². The molecular formula is C34H44BrN3O7. The van der Waals surface area contributed by atoms with E-state index in [1.54, 1.807) is 11.0 Å². The number of ether oxygens (including phenoxy) is 2. The average Bonchev–Trinajstić information content (AvgIpc) is 3.59. The summed E-state index contributed by atoms with van der Waals surface area (Å²) in [6, 6.07) is 7.36. The summed E-state index contributed by atoms with van der Waals surface area (Å²) < 4.78 is 13.3. The van der Waals surface area contributed by atoms with Gasteiger partial charge < -0.3 is 29.7 Å². The smallest absolute Gasteiger partial charge is 0.313 e. The predicted octanol–water partition coefficient (Wildman–Crippen LogP) is 3.64. The molecule has 4 heterocycles. The van der Waals surface area contributed by atoms with E-state index in [1.165, 1.54) is 4.90 Å². The number of rotatable bonds is 5. The molecule has 244 valence electrons. The molecule has 45 heavy (non-hydrogen) atoms. The lowest BCUT2D eigenvalue weighted by atomic mass is 9.74. The molecule has 0 aromatic heterocycles. The normalized spacial score (nSPS) is 33.0. The molecular weight excluding hydrogens is 642 g/mol. The second kappa shape index (κ2) is 13.0. The van der Waals surface area contributed by atoms with E-state index in [0.717, 1.165) is 0 Å². The highest BCUT2D eigenvalue weighted by Crippen LogP contribution is 2.59. The number of nitrogens with one attached hydrogen (secondary N) is 1. The van der Waals surface area contributed by atoms with Crippen molar-refractivity contribution < 1.29 is 33.8 Å². The van der Waals surface area contributed by atoms with Gasteiger partial charge in [-0.15, -0.1) is 0 Å². The summed E-state index contributed by atoms with van der Waals surface area (Å²) in [4.78, 5) is 59.6. The lowest BCUT2D eigenvalue weighted by Crippen LogP contribution is -2.62. The Kier molecular flexibility index (Phi) is 9.63. The SMILES string of the molecule is CC[C@H](C)[C@H](CO)N1C(=O)[C@@H]2[C@H]3C(=O)O[C@@H](c4ccccc4)CNC(=O)CC/C=C\CN(C(C)(C)C)C(=O)[C@@H]1[C@]21C=C(Br)[C@H]3O1. The summed E-state index contributed by atoms with van der Waals surface area (Å²) in [5.74, 6) is -3.81. The number of hydrogen-bond acceptors (Lipinski definition) is 7. The Morgan fingerprint density at radius 1 is 1.11 bits per heavy atom. The summed E-state index contributed by atoms with van der Waals surface area (Å²) >= 11 is 3.59. The van der Waals surface area contributed by atoms with Crippen LogP contribution in [0.2, 0.25) is 0 Å². The van der Waals surface area contributed by atoms with Gasteiger partial charge in [-0.2, -0.15) is 0 Å². The van der Waals surface area contributed by atoms with Gasteiger partial charge in [0.25, 0.3) is 0 Å². The number of nitrogens with zero attached hydrogens (tertiary/aromatic N) is 2. The van der Waals surface area contributed by atoms with Gasteiger partial charge in [0.15, 0.2) is 0 Å². The van der Waals surface area contributed by atoms with Gasteiger partial charge in [-0.05, 0) is 44.7 Å². The first kappa shape index (κ1) is 33.3. The van der Waals surface area contributed by atoms with Crippen LogP contribution in [0.3, 0.4) is 0 Å². The van der Waals surface area contributed by atoms with Crippen LogP contribution in [-0.4, -0.2) is 87.6 Å². The van der Waals surface area contributed by atoms with E-state index >= 15 is 0 Å². The maximum absolute atomic E-state index is 14.8. The van der Waals surface area contributed by atoms with E-state index in [0.29, 0.717) is 22.9 Å². The van der Waals surface area contributed by atoms with E-state index in [9.17, 15) is 24.3 Å². The van der Waals surface area contributed by atoms with E-state index in [4.69, 9.17) is 9.47 Å². The summed E-state index contributed by atoms with van der Waals surface area (Å²) in [5, 5.41) is 13.5. The molecule has 5 bridgehead atoms. The van der Waals surface area contributed by atoms with Crippen LogP contribution in [0.15, 0.2) is 53.0 Å². The fraction of sp³-hybridized carbons (Fsp3) is 0.588.